The molecule has 0 aromatic rings. The van der Waals surface area contributed by atoms with Gasteiger partial charge in [-0.3, -0.25) is 4.79 Å². The second-order valence-electron chi connectivity index (χ2n) is 2.33. The molecule has 0 aromatic carbocycles. The molecular weight excluding hydrogens is 146 g/mol. The number of carbonyl (C=O) groups excluding carboxylic acids is 1. The van der Waals surface area contributed by atoms with Crippen molar-refractivity contribution < 1.29 is 14.3 Å². The Labute approximate surface area is 65.9 Å². The summed E-state index contributed by atoms with van der Waals surface area (Å²) in [5.41, 5.74) is 0. The number of hydrogen-bond acceptors (Lipinski definition) is 3. The maximum Gasteiger partial charge on any atom is 0.220 e. The zero-order valence-electron chi connectivity index (χ0n) is 6.34. The van der Waals surface area contributed by atoms with E-state index in [1.807, 2.05) is 0 Å². The third-order valence-corrected chi connectivity index (χ3v) is 1.36. The summed E-state index contributed by atoms with van der Waals surface area (Å²) >= 11 is 0. The van der Waals surface area contributed by atoms with E-state index in [1.165, 1.54) is 0 Å². The smallest absolute Gasteiger partial charge is 0.220 e. The quantitative estimate of drug-likeness (QED) is 0.600. The lowest BCUT2D eigenvalue weighted by molar-refractivity contribution is -0.176. The van der Waals surface area contributed by atoms with Crippen molar-refractivity contribution in [2.75, 3.05) is 19.8 Å². The Morgan fingerprint density at radius 2 is 2.18 bits per heavy atom. The zero-order chi connectivity index (χ0) is 8.10. The van der Waals surface area contributed by atoms with Gasteiger partial charge in [0, 0.05) is 6.92 Å². The van der Waals surface area contributed by atoms with Crippen molar-refractivity contribution in [2.45, 2.75) is 12.7 Å². The van der Waals surface area contributed by atoms with Crippen LogP contribution in [0.25, 0.3) is 0 Å². The average molecular weight is 158 g/mol. The molecule has 1 heterocycles. The molecule has 1 N–H and O–H groups in total. The molecular formula is C7H12NO3. The molecule has 0 unspecified atom stereocenters. The van der Waals surface area contributed by atoms with Crippen molar-refractivity contribution >= 4 is 5.91 Å². The fraction of sp³-hybridized carbons (Fsp3) is 0.714. The molecule has 1 aliphatic heterocycles. The summed E-state index contributed by atoms with van der Waals surface area (Å²) < 4.78 is 10.3. The standard InChI is InChI=1S/C7H12NO3/c1-6(9)8-5-7-10-3-2-4-11-7/h7H,1-5H2,(H,8,9). The molecule has 1 aliphatic rings. The van der Waals surface area contributed by atoms with Crippen molar-refractivity contribution in [3.8, 4) is 0 Å². The first-order chi connectivity index (χ1) is 5.29. The van der Waals surface area contributed by atoms with Gasteiger partial charge in [0.05, 0.1) is 19.8 Å². The molecule has 1 rings (SSSR count). The third-order valence-electron chi connectivity index (χ3n) is 1.36. The van der Waals surface area contributed by atoms with Gasteiger partial charge in [0.1, 0.15) is 0 Å². The highest BCUT2D eigenvalue weighted by molar-refractivity contribution is 5.79. The van der Waals surface area contributed by atoms with Gasteiger partial charge in [-0.15, -0.1) is 0 Å². The number of amides is 1. The van der Waals surface area contributed by atoms with Gasteiger partial charge in [0.2, 0.25) is 5.91 Å². The van der Waals surface area contributed by atoms with E-state index in [4.69, 9.17) is 9.47 Å². The van der Waals surface area contributed by atoms with Gasteiger partial charge in [-0.1, -0.05) is 0 Å². The monoisotopic (exact) mass is 158 g/mol. The lowest BCUT2D eigenvalue weighted by atomic mass is 10.4. The van der Waals surface area contributed by atoms with E-state index in [0.29, 0.717) is 19.8 Å². The van der Waals surface area contributed by atoms with Crippen LogP contribution in [0.1, 0.15) is 6.42 Å². The van der Waals surface area contributed by atoms with Crippen LogP contribution in [0.4, 0.5) is 0 Å². The highest BCUT2D eigenvalue weighted by atomic mass is 16.7. The summed E-state index contributed by atoms with van der Waals surface area (Å²) in [5.74, 6) is -0.303. The predicted molar refractivity (Wildman–Crippen MR) is 38.7 cm³/mol. The van der Waals surface area contributed by atoms with E-state index in [-0.39, 0.29) is 12.2 Å². The molecule has 4 nitrogen and oxygen atoms in total. The first kappa shape index (κ1) is 8.49. The second-order valence-corrected chi connectivity index (χ2v) is 2.33. The SMILES string of the molecule is [CH2]C(=O)NCC1OCCCO1. The Morgan fingerprint density at radius 1 is 1.55 bits per heavy atom. The Balaban J connectivity index is 2.09. The van der Waals surface area contributed by atoms with Crippen LogP contribution in [0, 0.1) is 6.92 Å². The molecule has 4 heteroatoms. The molecule has 63 valence electrons. The normalized spacial score (nSPS) is 19.7. The highest BCUT2D eigenvalue weighted by Gasteiger charge is 2.13. The van der Waals surface area contributed by atoms with Crippen molar-refractivity contribution in [3.63, 3.8) is 0 Å². The molecule has 0 bridgehead atoms. The number of hydrogen-bond donors (Lipinski definition) is 1. The lowest BCUT2D eigenvalue weighted by Gasteiger charge is -2.22. The van der Waals surface area contributed by atoms with Gasteiger partial charge in [0.15, 0.2) is 6.29 Å². The summed E-state index contributed by atoms with van der Waals surface area (Å²) in [4.78, 5) is 10.4. The molecule has 1 radical (unpaired) electrons. The van der Waals surface area contributed by atoms with Crippen molar-refractivity contribution in [3.05, 3.63) is 6.92 Å². The van der Waals surface area contributed by atoms with Crippen molar-refractivity contribution in [1.29, 1.82) is 0 Å². The summed E-state index contributed by atoms with van der Waals surface area (Å²) in [5, 5.41) is 2.52. The molecule has 1 amide bonds. The Hall–Kier alpha value is -0.610. The van der Waals surface area contributed by atoms with E-state index < -0.39 is 0 Å². The minimum atomic E-state index is -0.303. The van der Waals surface area contributed by atoms with Crippen LogP contribution in [0.3, 0.4) is 0 Å². The maximum absolute atomic E-state index is 10.4. The maximum atomic E-state index is 10.4. The summed E-state index contributed by atoms with van der Waals surface area (Å²) in [6, 6.07) is 0. The lowest BCUT2D eigenvalue weighted by Crippen LogP contribution is -2.37. The summed E-state index contributed by atoms with van der Waals surface area (Å²) in [7, 11) is 0. The van der Waals surface area contributed by atoms with E-state index >= 15 is 0 Å². The average Bonchev–Trinajstić information content (AvgIpc) is 2.03. The number of rotatable bonds is 2. The summed E-state index contributed by atoms with van der Waals surface area (Å²) in [6.07, 6.45) is 0.643. The molecule has 0 aromatic heterocycles. The molecule has 1 saturated heterocycles. The van der Waals surface area contributed by atoms with E-state index in [1.54, 1.807) is 0 Å². The van der Waals surface area contributed by atoms with Gasteiger partial charge < -0.3 is 14.8 Å². The molecule has 0 saturated carbocycles. The van der Waals surface area contributed by atoms with Crippen LogP contribution in [-0.4, -0.2) is 32.0 Å². The Bertz CT molecular complexity index is 132. The molecule has 1 fully saturated rings. The van der Waals surface area contributed by atoms with Crippen LogP contribution in [-0.2, 0) is 14.3 Å². The molecule has 0 aliphatic carbocycles. The van der Waals surface area contributed by atoms with E-state index in [0.717, 1.165) is 6.42 Å². The summed E-state index contributed by atoms with van der Waals surface area (Å²) in [6.45, 7) is 4.97. The van der Waals surface area contributed by atoms with Crippen LogP contribution >= 0.6 is 0 Å². The van der Waals surface area contributed by atoms with Crippen molar-refractivity contribution in [1.82, 2.24) is 5.32 Å². The van der Waals surface area contributed by atoms with Crippen LogP contribution < -0.4 is 5.32 Å². The fourth-order valence-corrected chi connectivity index (χ4v) is 0.852. The van der Waals surface area contributed by atoms with Gasteiger partial charge >= 0.3 is 0 Å². The minimum absolute atomic E-state index is 0.283. The number of ether oxygens (including phenoxy) is 2. The van der Waals surface area contributed by atoms with E-state index in [9.17, 15) is 4.79 Å². The van der Waals surface area contributed by atoms with Crippen molar-refractivity contribution in [2.24, 2.45) is 0 Å². The second kappa shape index (κ2) is 4.31. The predicted octanol–water partition coefficient (Wildman–Crippen LogP) is -0.300. The Kier molecular flexibility index (Phi) is 3.32. The zero-order valence-corrected chi connectivity index (χ0v) is 6.34. The van der Waals surface area contributed by atoms with Crippen LogP contribution in [0.5, 0.6) is 0 Å². The highest BCUT2D eigenvalue weighted by Crippen LogP contribution is 2.02. The van der Waals surface area contributed by atoms with Gasteiger partial charge in [-0.25, -0.2) is 0 Å². The topological polar surface area (TPSA) is 47.6 Å². The Morgan fingerprint density at radius 3 is 2.73 bits per heavy atom. The molecule has 11 heavy (non-hydrogen) atoms. The molecule has 0 spiro atoms. The van der Waals surface area contributed by atoms with Gasteiger partial charge in [-0.2, -0.15) is 0 Å². The van der Waals surface area contributed by atoms with Crippen LogP contribution in [0.15, 0.2) is 0 Å². The number of nitrogens with one attached hydrogen (secondary N) is 1. The molecule has 0 atom stereocenters. The van der Waals surface area contributed by atoms with Gasteiger partial charge in [0.25, 0.3) is 0 Å². The first-order valence-electron chi connectivity index (χ1n) is 3.62. The minimum Gasteiger partial charge on any atom is -0.351 e. The first-order valence-corrected chi connectivity index (χ1v) is 3.62. The largest absolute Gasteiger partial charge is 0.351 e. The van der Waals surface area contributed by atoms with Gasteiger partial charge in [-0.05, 0) is 6.42 Å². The number of carbonyl (C=O) groups is 1. The third kappa shape index (κ3) is 3.34. The van der Waals surface area contributed by atoms with E-state index in [2.05, 4.69) is 12.2 Å². The fourth-order valence-electron chi connectivity index (χ4n) is 0.852. The van der Waals surface area contributed by atoms with Crippen LogP contribution in [0.2, 0.25) is 0 Å².